The summed E-state index contributed by atoms with van der Waals surface area (Å²) < 4.78 is 5.70. The third kappa shape index (κ3) is 7.83. The minimum atomic E-state index is 0. The normalized spacial score (nSPS) is 9.26. The van der Waals surface area contributed by atoms with Crippen molar-refractivity contribution in [1.29, 1.82) is 0 Å². The molecule has 2 N–H and O–H groups in total. The number of amides is 1. The van der Waals surface area contributed by atoms with E-state index in [4.69, 9.17) is 4.74 Å². The molecule has 0 bridgehead atoms. The zero-order valence-electron chi connectivity index (χ0n) is 12.8. The van der Waals surface area contributed by atoms with E-state index < -0.39 is 0 Å². The van der Waals surface area contributed by atoms with E-state index in [0.29, 0.717) is 17.9 Å². The molecule has 1 amide bonds. The number of hydrogen-bond donors (Lipinski definition) is 2. The fourth-order valence-corrected chi connectivity index (χ4v) is 1.83. The lowest BCUT2D eigenvalue weighted by atomic mass is 10.2. The molecule has 0 spiro atoms. The highest BCUT2D eigenvalue weighted by Gasteiger charge is 2.03. The summed E-state index contributed by atoms with van der Waals surface area (Å²) in [7, 11) is 1.87. The molecule has 126 valence electrons. The van der Waals surface area contributed by atoms with Gasteiger partial charge in [0.05, 0.1) is 0 Å². The number of carbonyl (C=O) groups excluding carboxylic acids is 1. The van der Waals surface area contributed by atoms with Gasteiger partial charge in [-0.1, -0.05) is 6.07 Å². The summed E-state index contributed by atoms with van der Waals surface area (Å²) in [4.78, 5) is 15.7. The van der Waals surface area contributed by atoms with Gasteiger partial charge in [-0.2, -0.15) is 0 Å². The van der Waals surface area contributed by atoms with Gasteiger partial charge in [-0.25, -0.2) is 0 Å². The smallest absolute Gasteiger partial charge is 0.224 e. The van der Waals surface area contributed by atoms with Crippen LogP contribution in [0.25, 0.3) is 0 Å². The second-order valence-corrected chi connectivity index (χ2v) is 4.57. The van der Waals surface area contributed by atoms with Crippen molar-refractivity contribution in [3.63, 3.8) is 0 Å². The lowest BCUT2D eigenvalue weighted by Crippen LogP contribution is -2.15. The van der Waals surface area contributed by atoms with Gasteiger partial charge >= 0.3 is 0 Å². The molecule has 0 aliphatic rings. The Labute approximate surface area is 148 Å². The molecule has 7 heteroatoms. The number of nitrogens with one attached hydrogen (secondary N) is 2. The molecule has 0 radical (unpaired) electrons. The van der Waals surface area contributed by atoms with E-state index in [1.165, 1.54) is 0 Å². The van der Waals surface area contributed by atoms with Crippen molar-refractivity contribution in [2.24, 2.45) is 0 Å². The van der Waals surface area contributed by atoms with Crippen molar-refractivity contribution in [3.05, 3.63) is 48.8 Å². The molecule has 2 rings (SSSR count). The number of carbonyl (C=O) groups is 1. The average Bonchev–Trinajstić information content (AvgIpc) is 2.49. The number of aromatic nitrogens is 1. The van der Waals surface area contributed by atoms with E-state index in [1.807, 2.05) is 25.2 Å². The van der Waals surface area contributed by atoms with Crippen LogP contribution in [0, 0.1) is 0 Å². The standard InChI is InChI=1S/C16H19N3O2.2ClH/c1-17-9-3-6-16(20)19-13-4-2-5-15(12-13)21-14-7-10-18-11-8-14;;/h2,4-5,7-8,10-12,17H,3,6,9H2,1H3,(H,19,20);2*1H. The van der Waals surface area contributed by atoms with Crippen LogP contribution >= 0.6 is 24.8 Å². The van der Waals surface area contributed by atoms with Gasteiger partial charge in [-0.3, -0.25) is 9.78 Å². The van der Waals surface area contributed by atoms with Crippen LogP contribution in [0.2, 0.25) is 0 Å². The predicted molar refractivity (Wildman–Crippen MR) is 97.0 cm³/mol. The Balaban J connectivity index is 0.00000242. The van der Waals surface area contributed by atoms with Crippen molar-refractivity contribution in [2.45, 2.75) is 12.8 Å². The molecule has 0 aliphatic carbocycles. The Kier molecular flexibility index (Phi) is 10.8. The van der Waals surface area contributed by atoms with Gasteiger partial charge in [0, 0.05) is 30.6 Å². The van der Waals surface area contributed by atoms with Crippen molar-refractivity contribution >= 4 is 36.4 Å². The summed E-state index contributed by atoms with van der Waals surface area (Å²) in [6.07, 6.45) is 4.65. The Bertz CT molecular complexity index is 583. The van der Waals surface area contributed by atoms with Crippen LogP contribution in [0.15, 0.2) is 48.8 Å². The van der Waals surface area contributed by atoms with E-state index in [9.17, 15) is 4.79 Å². The molecule has 2 aromatic rings. The highest BCUT2D eigenvalue weighted by atomic mass is 35.5. The predicted octanol–water partition coefficient (Wildman–Crippen LogP) is 3.66. The monoisotopic (exact) mass is 357 g/mol. The summed E-state index contributed by atoms with van der Waals surface area (Å²) in [5.74, 6) is 1.39. The average molecular weight is 358 g/mol. The van der Waals surface area contributed by atoms with Gasteiger partial charge in [0.25, 0.3) is 0 Å². The van der Waals surface area contributed by atoms with E-state index in [0.717, 1.165) is 18.7 Å². The van der Waals surface area contributed by atoms with Crippen LogP contribution in [0.3, 0.4) is 0 Å². The summed E-state index contributed by atoms with van der Waals surface area (Å²) >= 11 is 0. The van der Waals surface area contributed by atoms with E-state index in [1.54, 1.807) is 30.6 Å². The SMILES string of the molecule is CNCCCC(=O)Nc1cccc(Oc2ccncc2)c1.Cl.Cl. The first-order valence-corrected chi connectivity index (χ1v) is 6.90. The highest BCUT2D eigenvalue weighted by molar-refractivity contribution is 5.90. The van der Waals surface area contributed by atoms with Crippen molar-refractivity contribution in [1.82, 2.24) is 10.3 Å². The number of hydrogen-bond acceptors (Lipinski definition) is 4. The first kappa shape index (κ1) is 21.2. The fourth-order valence-electron chi connectivity index (χ4n) is 1.83. The van der Waals surface area contributed by atoms with Gasteiger partial charge in [0.2, 0.25) is 5.91 Å². The maximum absolute atomic E-state index is 11.8. The maximum Gasteiger partial charge on any atom is 0.224 e. The number of pyridine rings is 1. The maximum atomic E-state index is 11.8. The van der Waals surface area contributed by atoms with Crippen LogP contribution in [-0.2, 0) is 4.79 Å². The zero-order chi connectivity index (χ0) is 14.9. The molecule has 0 aliphatic heterocycles. The second-order valence-electron chi connectivity index (χ2n) is 4.57. The second kappa shape index (κ2) is 11.7. The molecule has 1 heterocycles. The third-order valence-electron chi connectivity index (χ3n) is 2.83. The van der Waals surface area contributed by atoms with Crippen molar-refractivity contribution < 1.29 is 9.53 Å². The summed E-state index contributed by atoms with van der Waals surface area (Å²) in [6.45, 7) is 0.832. The molecule has 0 saturated heterocycles. The molecule has 1 aromatic carbocycles. The fraction of sp³-hybridized carbons (Fsp3) is 0.250. The van der Waals surface area contributed by atoms with Gasteiger partial charge in [-0.15, -0.1) is 24.8 Å². The lowest BCUT2D eigenvalue weighted by molar-refractivity contribution is -0.116. The topological polar surface area (TPSA) is 63.2 Å². The van der Waals surface area contributed by atoms with Crippen LogP contribution in [-0.4, -0.2) is 24.5 Å². The molecule has 5 nitrogen and oxygen atoms in total. The molecule has 23 heavy (non-hydrogen) atoms. The summed E-state index contributed by atoms with van der Waals surface area (Å²) in [6, 6.07) is 10.9. The minimum absolute atomic E-state index is 0. The molecular formula is C16H21Cl2N3O2. The Morgan fingerprint density at radius 1 is 1.13 bits per heavy atom. The van der Waals surface area contributed by atoms with E-state index in [2.05, 4.69) is 15.6 Å². The number of anilines is 1. The molecule has 0 fully saturated rings. The highest BCUT2D eigenvalue weighted by Crippen LogP contribution is 2.23. The molecule has 0 unspecified atom stereocenters. The largest absolute Gasteiger partial charge is 0.457 e. The van der Waals surface area contributed by atoms with E-state index in [-0.39, 0.29) is 30.7 Å². The Morgan fingerprint density at radius 3 is 2.57 bits per heavy atom. The van der Waals surface area contributed by atoms with Crippen LogP contribution in [0.5, 0.6) is 11.5 Å². The summed E-state index contributed by atoms with van der Waals surface area (Å²) in [5, 5.41) is 5.89. The first-order valence-electron chi connectivity index (χ1n) is 6.90. The molecule has 0 atom stereocenters. The number of nitrogens with zero attached hydrogens (tertiary/aromatic N) is 1. The van der Waals surface area contributed by atoms with Crippen LogP contribution < -0.4 is 15.4 Å². The van der Waals surface area contributed by atoms with Gasteiger partial charge in [-0.05, 0) is 44.3 Å². The lowest BCUT2D eigenvalue weighted by Gasteiger charge is -2.09. The third-order valence-corrected chi connectivity index (χ3v) is 2.83. The number of rotatable bonds is 7. The molecule has 0 saturated carbocycles. The number of benzene rings is 1. The van der Waals surface area contributed by atoms with Crippen LogP contribution in [0.4, 0.5) is 5.69 Å². The first-order chi connectivity index (χ1) is 10.3. The van der Waals surface area contributed by atoms with Crippen LogP contribution in [0.1, 0.15) is 12.8 Å². The van der Waals surface area contributed by atoms with Crippen molar-refractivity contribution in [2.75, 3.05) is 18.9 Å². The Morgan fingerprint density at radius 2 is 1.87 bits per heavy atom. The zero-order valence-corrected chi connectivity index (χ0v) is 14.5. The number of halogens is 2. The minimum Gasteiger partial charge on any atom is -0.457 e. The van der Waals surface area contributed by atoms with Gasteiger partial charge in [0.1, 0.15) is 11.5 Å². The summed E-state index contributed by atoms with van der Waals surface area (Å²) in [5.41, 5.74) is 0.732. The van der Waals surface area contributed by atoms with Gasteiger partial charge < -0.3 is 15.4 Å². The number of ether oxygens (including phenoxy) is 1. The van der Waals surface area contributed by atoms with E-state index >= 15 is 0 Å². The molecular weight excluding hydrogens is 337 g/mol. The quantitative estimate of drug-likeness (QED) is 0.742. The van der Waals surface area contributed by atoms with Gasteiger partial charge in [0.15, 0.2) is 0 Å². The Hall–Kier alpha value is -1.82. The van der Waals surface area contributed by atoms with Crippen molar-refractivity contribution in [3.8, 4) is 11.5 Å². The molecule has 1 aromatic heterocycles.